The van der Waals surface area contributed by atoms with Crippen LogP contribution in [-0.2, 0) is 9.09 Å². The summed E-state index contributed by atoms with van der Waals surface area (Å²) in [5.74, 6) is 0. The third kappa shape index (κ3) is 33.8. The molecule has 0 rings (SSSR count). The lowest BCUT2D eigenvalue weighted by Crippen LogP contribution is -1.42. The van der Waals surface area contributed by atoms with Crippen LogP contribution in [0.5, 0.6) is 0 Å². The molecule has 0 aromatic heterocycles. The van der Waals surface area contributed by atoms with Crippen LogP contribution in [0.2, 0.25) is 0 Å². The van der Waals surface area contributed by atoms with E-state index in [4.69, 9.17) is 4.57 Å². The number of hydrogen-bond donors (Lipinski definition) is 0. The second-order valence-corrected chi connectivity index (χ2v) is 0.771. The zero-order chi connectivity index (χ0) is 3.41. The van der Waals surface area contributed by atoms with Crippen LogP contribution in [0.3, 0.4) is 0 Å². The van der Waals surface area contributed by atoms with Crippen LogP contribution in [0.25, 0.3) is 0 Å². The second kappa shape index (κ2) is 19.7. The Morgan fingerprint density at radius 1 is 1.50 bits per heavy atom. The van der Waals surface area contributed by atoms with Gasteiger partial charge in [0.1, 0.15) is 0 Å². The second-order valence-electron chi connectivity index (χ2n) is 0.257. The van der Waals surface area contributed by atoms with Crippen LogP contribution in [0, 0.1) is 0 Å². The number of hydrogen-bond acceptors (Lipinski definition) is 2. The first kappa shape index (κ1) is 16.6. The Balaban J connectivity index is -0.0000000450. The molecule has 40 valence electrons. The highest BCUT2D eigenvalue weighted by molar-refractivity contribution is 7.17. The van der Waals surface area contributed by atoms with E-state index in [1.165, 1.54) is 7.11 Å². The van der Waals surface area contributed by atoms with Crippen LogP contribution in [0.15, 0.2) is 0 Å². The maximum absolute atomic E-state index is 9.05. The van der Waals surface area contributed by atoms with Crippen molar-refractivity contribution in [3.63, 3.8) is 0 Å². The SMILES string of the molecule is C.C.COP=O. The van der Waals surface area contributed by atoms with E-state index in [1.807, 2.05) is 0 Å². The van der Waals surface area contributed by atoms with Crippen molar-refractivity contribution in [2.24, 2.45) is 0 Å². The standard InChI is InChI=1S/CH3O2P.2CH4/c1-3-4-2;;/h1H3;2*1H4. The fourth-order valence-corrected chi connectivity index (χ4v) is 0. The molecule has 0 aliphatic heterocycles. The van der Waals surface area contributed by atoms with Crippen LogP contribution >= 0.6 is 8.69 Å². The smallest absolute Gasteiger partial charge is 0.298 e. The van der Waals surface area contributed by atoms with Crippen LogP contribution in [0.4, 0.5) is 0 Å². The Kier molecular flexibility index (Phi) is 54.3. The summed E-state index contributed by atoms with van der Waals surface area (Å²) in [4.78, 5) is 0. The molecule has 0 aliphatic carbocycles. The van der Waals surface area contributed by atoms with Crippen LogP contribution < -0.4 is 0 Å². The zero-order valence-electron chi connectivity index (χ0n) is 2.26. The Morgan fingerprint density at radius 3 is 1.67 bits per heavy atom. The van der Waals surface area contributed by atoms with Crippen LogP contribution in [0.1, 0.15) is 14.9 Å². The Hall–Kier alpha value is 0.0600. The molecule has 0 bridgehead atoms. The molecule has 0 fully saturated rings. The van der Waals surface area contributed by atoms with Gasteiger partial charge in [0, 0.05) is 7.11 Å². The van der Waals surface area contributed by atoms with Gasteiger partial charge in [0.05, 0.1) is 0 Å². The van der Waals surface area contributed by atoms with Crippen molar-refractivity contribution < 1.29 is 9.09 Å². The Morgan fingerprint density at radius 2 is 1.67 bits per heavy atom. The quantitative estimate of drug-likeness (QED) is 0.483. The average Bonchev–Trinajstić information content (AvgIpc) is 1.37. The first-order chi connectivity index (χ1) is 1.91. The first-order valence-corrected chi connectivity index (χ1v) is 1.50. The predicted octanol–water partition coefficient (Wildman–Crippen LogP) is 2.11. The minimum absolute atomic E-state index is 0. The summed E-state index contributed by atoms with van der Waals surface area (Å²) < 4.78 is 13.0. The van der Waals surface area contributed by atoms with E-state index in [0.717, 1.165) is 0 Å². The molecule has 0 spiro atoms. The van der Waals surface area contributed by atoms with Gasteiger partial charge in [-0.15, -0.1) is 0 Å². The molecule has 0 N–H and O–H groups in total. The molecule has 0 atom stereocenters. The van der Waals surface area contributed by atoms with Crippen molar-refractivity contribution in [3.8, 4) is 0 Å². The van der Waals surface area contributed by atoms with E-state index in [2.05, 4.69) is 4.52 Å². The van der Waals surface area contributed by atoms with Gasteiger partial charge in [-0.25, -0.2) is 4.57 Å². The third-order valence-electron chi connectivity index (χ3n) is 0.0745. The molecule has 2 nitrogen and oxygen atoms in total. The van der Waals surface area contributed by atoms with Gasteiger partial charge in [0.2, 0.25) is 0 Å². The highest BCUT2D eigenvalue weighted by atomic mass is 31.1. The molecule has 0 radical (unpaired) electrons. The summed E-state index contributed by atoms with van der Waals surface area (Å²) >= 11 is 0. The van der Waals surface area contributed by atoms with E-state index < -0.39 is 0 Å². The summed E-state index contributed by atoms with van der Waals surface area (Å²) in [6.45, 7) is 0. The third-order valence-corrected chi connectivity index (χ3v) is 0.224. The van der Waals surface area contributed by atoms with E-state index >= 15 is 0 Å². The summed E-state index contributed by atoms with van der Waals surface area (Å²) in [7, 11) is 1.10. The van der Waals surface area contributed by atoms with E-state index in [-0.39, 0.29) is 23.5 Å². The van der Waals surface area contributed by atoms with Crippen molar-refractivity contribution in [2.75, 3.05) is 7.11 Å². The molecule has 0 saturated heterocycles. The largest absolute Gasteiger partial charge is 0.327 e. The molecule has 6 heavy (non-hydrogen) atoms. The summed E-state index contributed by atoms with van der Waals surface area (Å²) in [6, 6.07) is 0. The van der Waals surface area contributed by atoms with Crippen molar-refractivity contribution in [2.45, 2.75) is 14.9 Å². The van der Waals surface area contributed by atoms with E-state index in [1.54, 1.807) is 0 Å². The predicted molar refractivity (Wildman–Crippen MR) is 28.1 cm³/mol. The van der Waals surface area contributed by atoms with Crippen molar-refractivity contribution in [1.29, 1.82) is 0 Å². The topological polar surface area (TPSA) is 26.3 Å². The molecular formula is C3H11O2P. The van der Waals surface area contributed by atoms with Crippen LogP contribution in [-0.4, -0.2) is 7.11 Å². The van der Waals surface area contributed by atoms with Gasteiger partial charge in [0.15, 0.2) is 0 Å². The van der Waals surface area contributed by atoms with Crippen molar-refractivity contribution in [3.05, 3.63) is 0 Å². The lowest BCUT2D eigenvalue weighted by Gasteiger charge is -1.57. The normalized spacial score (nSPS) is 5.50. The van der Waals surface area contributed by atoms with Gasteiger partial charge in [0.25, 0.3) is 0 Å². The van der Waals surface area contributed by atoms with Gasteiger partial charge in [-0.1, -0.05) is 14.9 Å². The molecule has 3 heteroatoms. The van der Waals surface area contributed by atoms with Crippen molar-refractivity contribution in [1.82, 2.24) is 0 Å². The Labute approximate surface area is 40.8 Å². The highest BCUT2D eigenvalue weighted by Crippen LogP contribution is 1.83. The molecule has 0 unspecified atom stereocenters. The maximum Gasteiger partial charge on any atom is 0.327 e. The molecule has 0 aromatic carbocycles. The van der Waals surface area contributed by atoms with E-state index in [0.29, 0.717) is 0 Å². The average molecular weight is 110 g/mol. The fraction of sp³-hybridized carbons (Fsp3) is 1.00. The fourth-order valence-electron chi connectivity index (χ4n) is 0. The molecule has 0 saturated carbocycles. The summed E-state index contributed by atoms with van der Waals surface area (Å²) in [5.41, 5.74) is 0. The minimum Gasteiger partial charge on any atom is -0.298 e. The Bertz CT molecular complexity index is 22.8. The minimum atomic E-state index is -0.252. The molecule has 0 aromatic rings. The zero-order valence-corrected chi connectivity index (χ0v) is 3.16. The maximum atomic E-state index is 9.05. The van der Waals surface area contributed by atoms with Gasteiger partial charge in [-0.05, 0) is 0 Å². The molecule has 0 heterocycles. The molecule has 0 amide bonds. The first-order valence-electron chi connectivity index (χ1n) is 0.773. The van der Waals surface area contributed by atoms with Gasteiger partial charge >= 0.3 is 8.69 Å². The van der Waals surface area contributed by atoms with Gasteiger partial charge in [-0.3, -0.25) is 4.52 Å². The lowest BCUT2D eigenvalue weighted by molar-refractivity contribution is 0.433. The molecular weight excluding hydrogens is 99.0 g/mol. The van der Waals surface area contributed by atoms with Gasteiger partial charge in [-0.2, -0.15) is 0 Å². The number of rotatable bonds is 1. The van der Waals surface area contributed by atoms with Crippen molar-refractivity contribution >= 4 is 8.69 Å². The summed E-state index contributed by atoms with van der Waals surface area (Å²) in [5, 5.41) is 0. The highest BCUT2D eigenvalue weighted by Gasteiger charge is 1.51. The van der Waals surface area contributed by atoms with E-state index in [9.17, 15) is 0 Å². The monoisotopic (exact) mass is 110 g/mol. The lowest BCUT2D eigenvalue weighted by atomic mass is 11.8. The van der Waals surface area contributed by atoms with Gasteiger partial charge < -0.3 is 0 Å². The molecule has 0 aliphatic rings. The summed E-state index contributed by atoms with van der Waals surface area (Å²) in [6.07, 6.45) is 0.